The first-order chi connectivity index (χ1) is 13.5. The van der Waals surface area contributed by atoms with Crippen LogP contribution in [0.5, 0.6) is 0 Å². The Bertz CT molecular complexity index is 1020. The summed E-state index contributed by atoms with van der Waals surface area (Å²) < 4.78 is 19.4. The van der Waals surface area contributed by atoms with E-state index in [1.807, 2.05) is 49.3 Å². The Balaban J connectivity index is 1.59. The van der Waals surface area contributed by atoms with Crippen LogP contribution in [0.15, 0.2) is 54.7 Å². The molecule has 0 bridgehead atoms. The van der Waals surface area contributed by atoms with E-state index in [9.17, 15) is 9.18 Å². The Hall–Kier alpha value is -2.99. The van der Waals surface area contributed by atoms with E-state index < -0.39 is 0 Å². The molecule has 28 heavy (non-hydrogen) atoms. The van der Waals surface area contributed by atoms with Gasteiger partial charge in [-0.05, 0) is 41.8 Å². The van der Waals surface area contributed by atoms with E-state index in [0.717, 1.165) is 16.5 Å². The Morgan fingerprint density at radius 3 is 2.82 bits per heavy atom. The average Bonchev–Trinajstić information content (AvgIpc) is 2.72. The number of fused-ring (bicyclic) bond motifs is 1. The number of hydrogen-bond acceptors (Lipinski definition) is 4. The zero-order chi connectivity index (χ0) is 19.7. The van der Waals surface area contributed by atoms with Gasteiger partial charge in [0.05, 0.1) is 24.4 Å². The van der Waals surface area contributed by atoms with E-state index in [4.69, 9.17) is 4.74 Å². The number of ether oxygens (including phenoxy) is 1. The lowest BCUT2D eigenvalue weighted by Crippen LogP contribution is -2.42. The van der Waals surface area contributed by atoms with Gasteiger partial charge in [-0.25, -0.2) is 4.39 Å². The summed E-state index contributed by atoms with van der Waals surface area (Å²) in [5, 5.41) is 1.64. The van der Waals surface area contributed by atoms with Crippen molar-refractivity contribution in [3.8, 4) is 0 Å². The fourth-order valence-corrected chi connectivity index (χ4v) is 3.53. The normalized spacial score (nSPS) is 17.0. The molecule has 0 aliphatic carbocycles. The lowest BCUT2D eigenvalue weighted by atomic mass is 10.1. The molecule has 2 aromatic carbocycles. The maximum atomic E-state index is 13.6. The number of carbonyl (C=O) groups is 1. The van der Waals surface area contributed by atoms with Crippen LogP contribution in [0.25, 0.3) is 10.8 Å². The number of anilines is 1. The van der Waals surface area contributed by atoms with Crippen molar-refractivity contribution in [2.24, 2.45) is 0 Å². The van der Waals surface area contributed by atoms with Gasteiger partial charge in [0.1, 0.15) is 11.9 Å². The number of morpholine rings is 1. The molecule has 1 amide bonds. The third-order valence-electron chi connectivity index (χ3n) is 5.00. The summed E-state index contributed by atoms with van der Waals surface area (Å²) in [5.41, 5.74) is 2.26. The Morgan fingerprint density at radius 2 is 2.00 bits per heavy atom. The average molecular weight is 379 g/mol. The van der Waals surface area contributed by atoms with Gasteiger partial charge in [0.25, 0.3) is 5.91 Å². The Kier molecular flexibility index (Phi) is 4.96. The third kappa shape index (κ3) is 3.55. The number of halogens is 1. The quantitative estimate of drug-likeness (QED) is 0.697. The molecule has 2 heterocycles. The van der Waals surface area contributed by atoms with E-state index in [0.29, 0.717) is 31.0 Å². The highest BCUT2D eigenvalue weighted by Crippen LogP contribution is 2.27. The van der Waals surface area contributed by atoms with Gasteiger partial charge in [-0.1, -0.05) is 12.1 Å². The molecule has 0 spiro atoms. The van der Waals surface area contributed by atoms with Gasteiger partial charge in [-0.2, -0.15) is 0 Å². The molecular formula is C22H22FN3O2. The zero-order valence-corrected chi connectivity index (χ0v) is 15.9. The van der Waals surface area contributed by atoms with Gasteiger partial charge in [-0.3, -0.25) is 9.78 Å². The highest BCUT2D eigenvalue weighted by molar-refractivity contribution is 5.99. The van der Waals surface area contributed by atoms with Crippen LogP contribution in [0.4, 0.5) is 10.1 Å². The molecule has 5 nitrogen and oxygen atoms in total. The maximum Gasteiger partial charge on any atom is 0.256 e. The van der Waals surface area contributed by atoms with Gasteiger partial charge in [-0.15, -0.1) is 0 Å². The van der Waals surface area contributed by atoms with Gasteiger partial charge in [0, 0.05) is 37.9 Å². The van der Waals surface area contributed by atoms with E-state index in [-0.39, 0.29) is 17.8 Å². The molecular weight excluding hydrogens is 357 g/mol. The summed E-state index contributed by atoms with van der Waals surface area (Å²) in [5.74, 6) is -0.309. The summed E-state index contributed by atoms with van der Waals surface area (Å²) in [7, 11) is 3.85. The Labute approximate surface area is 163 Å². The molecule has 1 atom stereocenters. The minimum atomic E-state index is -0.336. The highest BCUT2D eigenvalue weighted by Gasteiger charge is 2.28. The number of rotatable bonds is 3. The van der Waals surface area contributed by atoms with Crippen molar-refractivity contribution >= 4 is 22.4 Å². The van der Waals surface area contributed by atoms with E-state index in [1.54, 1.807) is 17.2 Å². The lowest BCUT2D eigenvalue weighted by molar-refractivity contribution is -0.0246. The fourth-order valence-electron chi connectivity index (χ4n) is 3.53. The second-order valence-electron chi connectivity index (χ2n) is 7.12. The lowest BCUT2D eigenvalue weighted by Gasteiger charge is -2.33. The van der Waals surface area contributed by atoms with Crippen molar-refractivity contribution < 1.29 is 13.9 Å². The predicted molar refractivity (Wildman–Crippen MR) is 107 cm³/mol. The second-order valence-corrected chi connectivity index (χ2v) is 7.12. The topological polar surface area (TPSA) is 45.7 Å². The van der Waals surface area contributed by atoms with Crippen LogP contribution >= 0.6 is 0 Å². The molecule has 1 aromatic heterocycles. The summed E-state index contributed by atoms with van der Waals surface area (Å²) in [6, 6.07) is 14.0. The first-order valence-electron chi connectivity index (χ1n) is 9.25. The van der Waals surface area contributed by atoms with Crippen molar-refractivity contribution in [1.82, 2.24) is 9.88 Å². The third-order valence-corrected chi connectivity index (χ3v) is 5.00. The second kappa shape index (κ2) is 7.56. The minimum absolute atomic E-state index is 0.0237. The largest absolute Gasteiger partial charge is 0.377 e. The van der Waals surface area contributed by atoms with Crippen molar-refractivity contribution in [2.75, 3.05) is 38.7 Å². The van der Waals surface area contributed by atoms with Crippen LogP contribution < -0.4 is 4.90 Å². The molecule has 1 aliphatic heterocycles. The summed E-state index contributed by atoms with van der Waals surface area (Å²) in [4.78, 5) is 21.3. The van der Waals surface area contributed by atoms with Crippen LogP contribution in [0.3, 0.4) is 0 Å². The summed E-state index contributed by atoms with van der Waals surface area (Å²) >= 11 is 0. The maximum absolute atomic E-state index is 13.6. The first-order valence-corrected chi connectivity index (χ1v) is 9.25. The van der Waals surface area contributed by atoms with Crippen molar-refractivity contribution in [3.63, 3.8) is 0 Å². The van der Waals surface area contributed by atoms with Gasteiger partial charge < -0.3 is 14.5 Å². The van der Waals surface area contributed by atoms with Crippen molar-refractivity contribution in [2.45, 2.75) is 6.10 Å². The van der Waals surface area contributed by atoms with Gasteiger partial charge >= 0.3 is 0 Å². The number of nitrogens with zero attached hydrogens (tertiary/aromatic N) is 3. The van der Waals surface area contributed by atoms with Crippen LogP contribution in [0.2, 0.25) is 0 Å². The molecule has 4 rings (SSSR count). The number of carbonyl (C=O) groups excluding carboxylic acids is 1. The number of hydrogen-bond donors (Lipinski definition) is 0. The number of para-hydroxylation sites is 1. The molecule has 0 radical (unpaired) electrons. The van der Waals surface area contributed by atoms with E-state index in [1.165, 1.54) is 12.1 Å². The van der Waals surface area contributed by atoms with Crippen LogP contribution in [-0.2, 0) is 4.74 Å². The molecule has 3 aromatic rings. The number of aromatic nitrogens is 1. The molecule has 6 heteroatoms. The molecule has 1 fully saturated rings. The van der Waals surface area contributed by atoms with E-state index in [2.05, 4.69) is 4.98 Å². The zero-order valence-electron chi connectivity index (χ0n) is 15.9. The number of benzene rings is 2. The SMILES string of the molecule is CN(C)c1ccccc1C(=O)N1CCO[C@@H](c2cc3cc(F)ccc3cn2)C1. The highest BCUT2D eigenvalue weighted by atomic mass is 19.1. The predicted octanol–water partition coefficient (Wildman–Crippen LogP) is 3.65. The van der Waals surface area contributed by atoms with Crippen LogP contribution in [0.1, 0.15) is 22.2 Å². The van der Waals surface area contributed by atoms with Crippen molar-refractivity contribution in [3.05, 3.63) is 71.8 Å². The van der Waals surface area contributed by atoms with Gasteiger partial charge in [0.2, 0.25) is 0 Å². The minimum Gasteiger partial charge on any atom is -0.377 e. The van der Waals surface area contributed by atoms with Crippen LogP contribution in [0, 0.1) is 5.82 Å². The van der Waals surface area contributed by atoms with E-state index >= 15 is 0 Å². The smallest absolute Gasteiger partial charge is 0.256 e. The standard InChI is InChI=1S/C22H22FN3O2/c1-25(2)20-6-4-3-5-18(20)22(27)26-9-10-28-21(14-26)19-12-16-11-17(23)8-7-15(16)13-24-19/h3-8,11-13,21H,9-10,14H2,1-2H3/t21-/m1/s1. The molecule has 144 valence electrons. The Morgan fingerprint density at radius 1 is 1.18 bits per heavy atom. The van der Waals surface area contributed by atoms with Crippen LogP contribution in [-0.4, -0.2) is 49.6 Å². The molecule has 1 aliphatic rings. The first kappa shape index (κ1) is 18.4. The number of amides is 1. The fraction of sp³-hybridized carbons (Fsp3) is 0.273. The molecule has 0 unspecified atom stereocenters. The molecule has 0 saturated carbocycles. The van der Waals surface area contributed by atoms with Crippen molar-refractivity contribution in [1.29, 1.82) is 0 Å². The summed E-state index contributed by atoms with van der Waals surface area (Å²) in [6.07, 6.45) is 1.38. The van der Waals surface area contributed by atoms with Gasteiger partial charge in [0.15, 0.2) is 0 Å². The molecule has 1 saturated heterocycles. The number of pyridine rings is 1. The monoisotopic (exact) mass is 379 g/mol. The molecule has 0 N–H and O–H groups in total. The summed E-state index contributed by atoms with van der Waals surface area (Å²) in [6.45, 7) is 1.37.